The lowest BCUT2D eigenvalue weighted by atomic mass is 9.95. The predicted octanol–water partition coefficient (Wildman–Crippen LogP) is 3.97. The number of hydrogen-bond donors (Lipinski definition) is 1. The van der Waals surface area contributed by atoms with Crippen LogP contribution in [-0.2, 0) is 0 Å². The van der Waals surface area contributed by atoms with Crippen LogP contribution in [0.2, 0.25) is 0 Å². The van der Waals surface area contributed by atoms with Gasteiger partial charge >= 0.3 is 0 Å². The van der Waals surface area contributed by atoms with Crippen LogP contribution in [0.15, 0.2) is 24.3 Å². The number of anilines is 1. The van der Waals surface area contributed by atoms with Crippen molar-refractivity contribution in [3.63, 3.8) is 0 Å². The van der Waals surface area contributed by atoms with E-state index >= 15 is 0 Å². The van der Waals surface area contributed by atoms with Gasteiger partial charge < -0.3 is 10.1 Å². The standard InChI is InChI=1S/C15H22N2O/c1-4-5-8-11-15(2,12-16)17-13-9-6-7-10-14(13)18-3/h6-7,9-10,17H,4-5,8,11H2,1-3H3. The third-order valence-electron chi connectivity index (χ3n) is 3.04. The van der Waals surface area contributed by atoms with Gasteiger partial charge in [0, 0.05) is 0 Å². The highest BCUT2D eigenvalue weighted by Gasteiger charge is 2.23. The molecule has 1 atom stereocenters. The molecule has 98 valence electrons. The summed E-state index contributed by atoms with van der Waals surface area (Å²) in [6, 6.07) is 10.1. The van der Waals surface area contributed by atoms with E-state index in [1.165, 1.54) is 0 Å². The molecule has 1 N–H and O–H groups in total. The van der Waals surface area contributed by atoms with Crippen molar-refractivity contribution in [3.8, 4) is 11.8 Å². The van der Waals surface area contributed by atoms with E-state index in [1.54, 1.807) is 7.11 Å². The van der Waals surface area contributed by atoms with Crippen LogP contribution in [0.4, 0.5) is 5.69 Å². The zero-order chi connectivity index (χ0) is 13.4. The van der Waals surface area contributed by atoms with Crippen LogP contribution in [0, 0.1) is 11.3 Å². The molecule has 18 heavy (non-hydrogen) atoms. The molecule has 1 unspecified atom stereocenters. The van der Waals surface area contributed by atoms with Crippen LogP contribution in [0.25, 0.3) is 0 Å². The summed E-state index contributed by atoms with van der Waals surface area (Å²) < 4.78 is 5.29. The SMILES string of the molecule is CCCCCC(C)(C#N)Nc1ccccc1OC. The van der Waals surface area contributed by atoms with Gasteiger partial charge in [-0.1, -0.05) is 38.3 Å². The average molecular weight is 246 g/mol. The van der Waals surface area contributed by atoms with E-state index in [4.69, 9.17) is 4.74 Å². The summed E-state index contributed by atoms with van der Waals surface area (Å²) in [5.74, 6) is 0.773. The summed E-state index contributed by atoms with van der Waals surface area (Å²) in [5, 5.41) is 12.7. The molecule has 0 aliphatic rings. The zero-order valence-electron chi connectivity index (χ0n) is 11.5. The second kappa shape index (κ2) is 6.90. The third kappa shape index (κ3) is 3.96. The predicted molar refractivity (Wildman–Crippen MR) is 74.8 cm³/mol. The topological polar surface area (TPSA) is 45.0 Å². The Morgan fingerprint density at radius 1 is 1.33 bits per heavy atom. The number of ether oxygens (including phenoxy) is 1. The van der Waals surface area contributed by atoms with Crippen LogP contribution in [0.3, 0.4) is 0 Å². The van der Waals surface area contributed by atoms with Crippen LogP contribution >= 0.6 is 0 Å². The van der Waals surface area contributed by atoms with E-state index in [0.717, 1.165) is 37.1 Å². The molecule has 0 heterocycles. The Hall–Kier alpha value is -1.69. The zero-order valence-corrected chi connectivity index (χ0v) is 11.5. The van der Waals surface area contributed by atoms with Crippen molar-refractivity contribution in [1.82, 2.24) is 0 Å². The van der Waals surface area contributed by atoms with Gasteiger partial charge in [0.25, 0.3) is 0 Å². The van der Waals surface area contributed by atoms with Gasteiger partial charge in [0.15, 0.2) is 0 Å². The smallest absolute Gasteiger partial charge is 0.141 e. The van der Waals surface area contributed by atoms with Crippen molar-refractivity contribution in [2.24, 2.45) is 0 Å². The number of hydrogen-bond acceptors (Lipinski definition) is 3. The first kappa shape index (κ1) is 14.4. The largest absolute Gasteiger partial charge is 0.495 e. The molecule has 0 saturated heterocycles. The third-order valence-corrected chi connectivity index (χ3v) is 3.04. The molecule has 0 aliphatic heterocycles. The van der Waals surface area contributed by atoms with Gasteiger partial charge in [-0.05, 0) is 25.5 Å². The van der Waals surface area contributed by atoms with Crippen molar-refractivity contribution >= 4 is 5.69 Å². The number of nitrogens with zero attached hydrogens (tertiary/aromatic N) is 1. The molecule has 0 bridgehead atoms. The fourth-order valence-electron chi connectivity index (χ4n) is 1.92. The second-order valence-corrected chi connectivity index (χ2v) is 4.73. The minimum absolute atomic E-state index is 0.538. The molecule has 0 radical (unpaired) electrons. The van der Waals surface area contributed by atoms with Gasteiger partial charge in [0.2, 0.25) is 0 Å². The second-order valence-electron chi connectivity index (χ2n) is 4.73. The number of methoxy groups -OCH3 is 1. The minimum Gasteiger partial charge on any atom is -0.495 e. The highest BCUT2D eigenvalue weighted by Crippen LogP contribution is 2.28. The number of rotatable bonds is 7. The molecule has 1 rings (SSSR count). The lowest BCUT2D eigenvalue weighted by Gasteiger charge is -2.25. The van der Waals surface area contributed by atoms with Gasteiger partial charge in [-0.2, -0.15) is 5.26 Å². The number of nitriles is 1. The van der Waals surface area contributed by atoms with Crippen molar-refractivity contribution in [2.45, 2.75) is 45.1 Å². The molecule has 0 aliphatic carbocycles. The molecular weight excluding hydrogens is 224 g/mol. The summed E-state index contributed by atoms with van der Waals surface area (Å²) in [7, 11) is 1.64. The fourth-order valence-corrected chi connectivity index (χ4v) is 1.92. The normalized spacial score (nSPS) is 13.4. The summed E-state index contributed by atoms with van der Waals surface area (Å²) in [4.78, 5) is 0. The summed E-state index contributed by atoms with van der Waals surface area (Å²) in [5.41, 5.74) is 0.338. The molecule has 0 aromatic heterocycles. The maximum Gasteiger partial charge on any atom is 0.141 e. The summed E-state index contributed by atoms with van der Waals surface area (Å²) in [6.07, 6.45) is 4.22. The van der Waals surface area contributed by atoms with Gasteiger partial charge in [-0.15, -0.1) is 0 Å². The van der Waals surface area contributed by atoms with E-state index < -0.39 is 5.54 Å². The molecule has 0 saturated carbocycles. The van der Waals surface area contributed by atoms with Gasteiger partial charge in [0.1, 0.15) is 11.3 Å². The first-order valence-electron chi connectivity index (χ1n) is 6.47. The average Bonchev–Trinajstić information content (AvgIpc) is 2.40. The lowest BCUT2D eigenvalue weighted by Crippen LogP contribution is -2.33. The lowest BCUT2D eigenvalue weighted by molar-refractivity contribution is 0.414. The Morgan fingerprint density at radius 3 is 2.67 bits per heavy atom. The van der Waals surface area contributed by atoms with Crippen LogP contribution < -0.4 is 10.1 Å². The van der Waals surface area contributed by atoms with Crippen molar-refractivity contribution in [1.29, 1.82) is 5.26 Å². The molecule has 0 spiro atoms. The minimum atomic E-state index is -0.538. The highest BCUT2D eigenvalue weighted by atomic mass is 16.5. The van der Waals surface area contributed by atoms with Crippen molar-refractivity contribution in [3.05, 3.63) is 24.3 Å². The Labute approximate surface area is 110 Å². The highest BCUT2D eigenvalue weighted by molar-refractivity contribution is 5.58. The maximum absolute atomic E-state index is 9.36. The van der Waals surface area contributed by atoms with Gasteiger partial charge in [0.05, 0.1) is 18.9 Å². The van der Waals surface area contributed by atoms with E-state index in [-0.39, 0.29) is 0 Å². The van der Waals surface area contributed by atoms with E-state index in [1.807, 2.05) is 31.2 Å². The van der Waals surface area contributed by atoms with Crippen molar-refractivity contribution < 1.29 is 4.74 Å². The molecule has 1 aromatic carbocycles. The van der Waals surface area contributed by atoms with Crippen LogP contribution in [0.5, 0.6) is 5.75 Å². The van der Waals surface area contributed by atoms with Gasteiger partial charge in [-0.3, -0.25) is 0 Å². The molecule has 0 amide bonds. The van der Waals surface area contributed by atoms with Crippen LogP contribution in [-0.4, -0.2) is 12.6 Å². The number of benzene rings is 1. The summed E-state index contributed by atoms with van der Waals surface area (Å²) in [6.45, 7) is 4.10. The first-order chi connectivity index (χ1) is 8.65. The van der Waals surface area contributed by atoms with E-state index in [2.05, 4.69) is 18.3 Å². The molecular formula is C15H22N2O. The monoisotopic (exact) mass is 246 g/mol. The Bertz CT molecular complexity index is 411. The van der Waals surface area contributed by atoms with E-state index in [0.29, 0.717) is 0 Å². The Kier molecular flexibility index (Phi) is 5.51. The van der Waals surface area contributed by atoms with Crippen molar-refractivity contribution in [2.75, 3.05) is 12.4 Å². The quantitative estimate of drug-likeness (QED) is 0.740. The number of nitrogens with one attached hydrogen (secondary N) is 1. The fraction of sp³-hybridized carbons (Fsp3) is 0.533. The van der Waals surface area contributed by atoms with Crippen LogP contribution in [0.1, 0.15) is 39.5 Å². The first-order valence-corrected chi connectivity index (χ1v) is 6.47. The molecule has 0 fully saturated rings. The molecule has 1 aromatic rings. The maximum atomic E-state index is 9.36. The molecule has 3 heteroatoms. The van der Waals surface area contributed by atoms with Gasteiger partial charge in [-0.25, -0.2) is 0 Å². The van der Waals surface area contributed by atoms with E-state index in [9.17, 15) is 5.26 Å². The Balaban J connectivity index is 2.75. The Morgan fingerprint density at radius 2 is 2.06 bits per heavy atom. The number of unbranched alkanes of at least 4 members (excludes halogenated alkanes) is 2. The molecule has 3 nitrogen and oxygen atoms in total. The summed E-state index contributed by atoms with van der Waals surface area (Å²) >= 11 is 0. The number of para-hydroxylation sites is 2.